The summed E-state index contributed by atoms with van der Waals surface area (Å²) in [7, 11) is 0. The van der Waals surface area contributed by atoms with Crippen LogP contribution in [-0.2, 0) is 22.6 Å². The van der Waals surface area contributed by atoms with Crippen molar-refractivity contribution in [3.8, 4) is 5.75 Å². The average molecular weight is 478 g/mol. The van der Waals surface area contributed by atoms with Crippen LogP contribution in [0, 0.1) is 0 Å². The third kappa shape index (κ3) is 6.01. The van der Waals surface area contributed by atoms with Crippen molar-refractivity contribution in [1.29, 1.82) is 0 Å². The fourth-order valence-corrected chi connectivity index (χ4v) is 4.39. The molecule has 0 saturated carbocycles. The van der Waals surface area contributed by atoms with E-state index in [-0.39, 0.29) is 12.2 Å². The number of ether oxygens (including phenoxy) is 3. The minimum atomic E-state index is -0.550. The summed E-state index contributed by atoms with van der Waals surface area (Å²) in [4.78, 5) is 0. The van der Waals surface area contributed by atoms with E-state index in [0.717, 1.165) is 33.1 Å². The molecule has 0 radical (unpaired) electrons. The van der Waals surface area contributed by atoms with Crippen molar-refractivity contribution in [3.05, 3.63) is 107 Å². The van der Waals surface area contributed by atoms with E-state index in [1.807, 2.05) is 67.6 Å². The Kier molecular flexibility index (Phi) is 7.94. The van der Waals surface area contributed by atoms with Crippen molar-refractivity contribution in [2.24, 2.45) is 0 Å². The van der Waals surface area contributed by atoms with Crippen LogP contribution in [-0.4, -0.2) is 18.3 Å². The second kappa shape index (κ2) is 11.1. The molecule has 1 aliphatic rings. The molecule has 1 aliphatic heterocycles. The Hall–Kier alpha value is -2.79. The van der Waals surface area contributed by atoms with Gasteiger partial charge in [0.05, 0.1) is 13.2 Å². The van der Waals surface area contributed by atoms with E-state index in [1.165, 1.54) is 0 Å². The number of hydrogen-bond acceptors (Lipinski definition) is 4. The number of hydrogen-bond donors (Lipinski definition) is 1. The third-order valence-corrected chi connectivity index (χ3v) is 6.15. The van der Waals surface area contributed by atoms with Crippen LogP contribution < -0.4 is 10.1 Å². The van der Waals surface area contributed by atoms with E-state index in [9.17, 15) is 0 Å². The van der Waals surface area contributed by atoms with Crippen LogP contribution >= 0.6 is 11.6 Å². The molecule has 3 aromatic carbocycles. The molecule has 0 aromatic heterocycles. The van der Waals surface area contributed by atoms with Gasteiger partial charge in [-0.05, 0) is 62.2 Å². The second-order valence-electron chi connectivity index (χ2n) is 8.98. The summed E-state index contributed by atoms with van der Waals surface area (Å²) in [6, 6.07) is 24.2. The Morgan fingerprint density at radius 2 is 1.76 bits per heavy atom. The first-order chi connectivity index (χ1) is 16.5. The molecule has 5 heteroatoms. The lowest BCUT2D eigenvalue weighted by atomic mass is 9.87. The minimum Gasteiger partial charge on any atom is -0.485 e. The zero-order chi connectivity index (χ0) is 24.0. The number of benzene rings is 3. The molecular formula is C29H32ClNO3. The number of halogens is 1. The maximum Gasteiger partial charge on any atom is 0.132 e. The average Bonchev–Trinajstić information content (AvgIpc) is 2.83. The Labute approximate surface area is 207 Å². The molecule has 1 N–H and O–H groups in total. The van der Waals surface area contributed by atoms with Gasteiger partial charge in [0, 0.05) is 22.8 Å². The second-order valence-corrected chi connectivity index (χ2v) is 9.42. The summed E-state index contributed by atoms with van der Waals surface area (Å²) in [5, 5.41) is 4.23. The maximum atomic E-state index is 6.53. The van der Waals surface area contributed by atoms with Gasteiger partial charge in [0.25, 0.3) is 0 Å². The van der Waals surface area contributed by atoms with Gasteiger partial charge in [0.1, 0.15) is 23.6 Å². The third-order valence-electron chi connectivity index (χ3n) is 5.92. The van der Waals surface area contributed by atoms with Crippen molar-refractivity contribution in [3.63, 3.8) is 0 Å². The molecule has 0 saturated heterocycles. The van der Waals surface area contributed by atoms with Crippen molar-refractivity contribution >= 4 is 17.3 Å². The topological polar surface area (TPSA) is 39.7 Å². The van der Waals surface area contributed by atoms with Crippen molar-refractivity contribution in [2.45, 2.75) is 51.7 Å². The largest absolute Gasteiger partial charge is 0.485 e. The summed E-state index contributed by atoms with van der Waals surface area (Å²) in [6.45, 7) is 7.76. The van der Waals surface area contributed by atoms with E-state index in [2.05, 4.69) is 43.4 Å². The molecule has 34 heavy (non-hydrogen) atoms. The van der Waals surface area contributed by atoms with Gasteiger partial charge in [-0.25, -0.2) is 0 Å². The van der Waals surface area contributed by atoms with Crippen molar-refractivity contribution in [2.75, 3.05) is 11.9 Å². The van der Waals surface area contributed by atoms with Crippen LogP contribution in [0.2, 0.25) is 5.02 Å². The summed E-state index contributed by atoms with van der Waals surface area (Å²) in [6.07, 6.45) is 3.44. The molecule has 0 bridgehead atoms. The van der Waals surface area contributed by atoms with E-state index in [0.29, 0.717) is 19.8 Å². The molecule has 4 nitrogen and oxygen atoms in total. The fourth-order valence-electron chi connectivity index (χ4n) is 4.17. The number of allylic oxidation sites excluding steroid dienone is 1. The predicted octanol–water partition coefficient (Wildman–Crippen LogP) is 7.34. The first-order valence-electron chi connectivity index (χ1n) is 11.7. The van der Waals surface area contributed by atoms with Gasteiger partial charge >= 0.3 is 0 Å². The Morgan fingerprint density at radius 1 is 0.971 bits per heavy atom. The van der Waals surface area contributed by atoms with Crippen molar-refractivity contribution < 1.29 is 14.2 Å². The van der Waals surface area contributed by atoms with Crippen LogP contribution in [0.15, 0.2) is 84.9 Å². The van der Waals surface area contributed by atoms with Crippen LogP contribution in [0.3, 0.4) is 0 Å². The van der Waals surface area contributed by atoms with Gasteiger partial charge < -0.3 is 19.5 Å². The quantitative estimate of drug-likeness (QED) is 0.327. The highest BCUT2D eigenvalue weighted by molar-refractivity contribution is 6.30. The summed E-state index contributed by atoms with van der Waals surface area (Å²) in [5.74, 6) is 0.822. The lowest BCUT2D eigenvalue weighted by Crippen LogP contribution is -2.51. The monoisotopic (exact) mass is 477 g/mol. The highest BCUT2D eigenvalue weighted by Gasteiger charge is 2.45. The molecule has 2 unspecified atom stereocenters. The zero-order valence-corrected chi connectivity index (χ0v) is 20.7. The predicted molar refractivity (Wildman–Crippen MR) is 138 cm³/mol. The van der Waals surface area contributed by atoms with E-state index < -0.39 is 5.60 Å². The molecule has 2 atom stereocenters. The minimum absolute atomic E-state index is 0.275. The molecular weight excluding hydrogens is 446 g/mol. The lowest BCUT2D eigenvalue weighted by molar-refractivity contribution is -0.161. The molecule has 4 rings (SSSR count). The maximum absolute atomic E-state index is 6.53. The number of fused-ring (bicyclic) bond motifs is 1. The lowest BCUT2D eigenvalue weighted by Gasteiger charge is -2.44. The Balaban J connectivity index is 1.60. The van der Waals surface area contributed by atoms with Gasteiger partial charge in [0.2, 0.25) is 0 Å². The van der Waals surface area contributed by atoms with Gasteiger partial charge in [-0.1, -0.05) is 66.2 Å². The summed E-state index contributed by atoms with van der Waals surface area (Å²) in [5.41, 5.74) is 3.66. The highest BCUT2D eigenvalue weighted by atomic mass is 35.5. The summed E-state index contributed by atoms with van der Waals surface area (Å²) >= 11 is 6.14. The number of nitrogens with one attached hydrogen (secondary N) is 1. The van der Waals surface area contributed by atoms with Crippen LogP contribution in [0.25, 0.3) is 0 Å². The molecule has 3 aromatic rings. The molecule has 0 fully saturated rings. The van der Waals surface area contributed by atoms with Crippen LogP contribution in [0.1, 0.15) is 43.6 Å². The van der Waals surface area contributed by atoms with Crippen LogP contribution in [0.4, 0.5) is 5.69 Å². The van der Waals surface area contributed by atoms with Crippen molar-refractivity contribution in [1.82, 2.24) is 0 Å². The van der Waals surface area contributed by atoms with Gasteiger partial charge in [-0.3, -0.25) is 0 Å². The molecule has 0 amide bonds. The van der Waals surface area contributed by atoms with E-state index in [1.54, 1.807) is 0 Å². The first-order valence-corrected chi connectivity index (χ1v) is 12.0. The molecule has 0 spiro atoms. The van der Waals surface area contributed by atoms with E-state index >= 15 is 0 Å². The fraction of sp³-hybridized carbons (Fsp3) is 0.310. The highest BCUT2D eigenvalue weighted by Crippen LogP contribution is 2.44. The number of anilines is 1. The van der Waals surface area contributed by atoms with Gasteiger partial charge in [-0.2, -0.15) is 0 Å². The van der Waals surface area contributed by atoms with Gasteiger partial charge in [0.15, 0.2) is 0 Å². The SMILES string of the molecule is CC=CCOC1C(OCc2ccccc2)c2cc(NCc3cccc(Cl)c3)ccc2OC1(C)C. The smallest absolute Gasteiger partial charge is 0.132 e. The first kappa shape index (κ1) is 24.3. The molecule has 178 valence electrons. The van der Waals surface area contributed by atoms with E-state index in [4.69, 9.17) is 25.8 Å². The van der Waals surface area contributed by atoms with Gasteiger partial charge in [-0.15, -0.1) is 0 Å². The Morgan fingerprint density at radius 3 is 2.53 bits per heavy atom. The van der Waals surface area contributed by atoms with Crippen LogP contribution in [0.5, 0.6) is 5.75 Å². The molecule has 1 heterocycles. The normalized spacial score (nSPS) is 18.9. The number of rotatable bonds is 9. The Bertz CT molecular complexity index is 1110. The zero-order valence-electron chi connectivity index (χ0n) is 20.0. The molecule has 0 aliphatic carbocycles. The standard InChI is InChI=1S/C29H32ClNO3/c1-4-5-16-32-28-27(33-20-21-10-7-6-8-11-21)25-18-24(14-15-26(25)34-29(28,2)3)31-19-22-12-9-13-23(30)17-22/h4-15,17-18,27-28,31H,16,19-20H2,1-3H3. The summed E-state index contributed by atoms with van der Waals surface area (Å²) < 4.78 is 19.2.